The van der Waals surface area contributed by atoms with Crippen LogP contribution in [0.1, 0.15) is 55.3 Å². The van der Waals surface area contributed by atoms with Crippen LogP contribution in [0.25, 0.3) is 0 Å². The van der Waals surface area contributed by atoms with Gasteiger partial charge in [-0.25, -0.2) is 0 Å². The monoisotopic (exact) mass is 368 g/mol. The fourth-order valence-electron chi connectivity index (χ4n) is 3.57. The van der Waals surface area contributed by atoms with Gasteiger partial charge in [0.1, 0.15) is 5.75 Å². The van der Waals surface area contributed by atoms with E-state index in [1.165, 1.54) is 42.4 Å². The zero-order valence-corrected chi connectivity index (χ0v) is 16.7. The van der Waals surface area contributed by atoms with Crippen LogP contribution in [0.15, 0.2) is 42.5 Å². The van der Waals surface area contributed by atoms with E-state index in [0.717, 1.165) is 11.4 Å². The summed E-state index contributed by atoms with van der Waals surface area (Å²) in [5.41, 5.74) is 4.79. The van der Waals surface area contributed by atoms with Crippen LogP contribution < -0.4 is 15.4 Å². The van der Waals surface area contributed by atoms with E-state index in [9.17, 15) is 0 Å². The molecule has 0 aliphatic heterocycles. The van der Waals surface area contributed by atoms with Gasteiger partial charge in [-0.2, -0.15) is 0 Å². The lowest BCUT2D eigenvalue weighted by Crippen LogP contribution is -2.31. The Labute approximate surface area is 162 Å². The third kappa shape index (κ3) is 4.98. The van der Waals surface area contributed by atoms with E-state index in [0.29, 0.717) is 11.2 Å². The molecule has 2 N–H and O–H groups in total. The minimum Gasteiger partial charge on any atom is -0.490 e. The molecule has 0 saturated heterocycles. The van der Waals surface area contributed by atoms with Crippen LogP contribution in [-0.2, 0) is 0 Å². The maximum absolute atomic E-state index is 6.00. The average Bonchev–Trinajstić information content (AvgIpc) is 3.09. The van der Waals surface area contributed by atoms with Crippen molar-refractivity contribution in [3.05, 3.63) is 59.2 Å². The SMILES string of the molecule is Cc1ccc(C(C)NC(=S)Nc2ccc(OC3CCCC3)cc2)c(C)c1. The fourth-order valence-corrected chi connectivity index (χ4v) is 3.86. The zero-order valence-electron chi connectivity index (χ0n) is 15.8. The molecule has 0 spiro atoms. The molecule has 0 heterocycles. The molecule has 2 aromatic carbocycles. The molecule has 0 radical (unpaired) electrons. The number of rotatable bonds is 5. The van der Waals surface area contributed by atoms with E-state index >= 15 is 0 Å². The minimum atomic E-state index is 0.153. The Hall–Kier alpha value is -2.07. The topological polar surface area (TPSA) is 33.3 Å². The van der Waals surface area contributed by atoms with Gasteiger partial charge in [0.2, 0.25) is 0 Å². The van der Waals surface area contributed by atoms with Crippen LogP contribution in [0.4, 0.5) is 5.69 Å². The average molecular weight is 369 g/mol. The van der Waals surface area contributed by atoms with Crippen LogP contribution in [-0.4, -0.2) is 11.2 Å². The molecule has 138 valence electrons. The number of thiocarbonyl (C=S) groups is 1. The first-order chi connectivity index (χ1) is 12.5. The largest absolute Gasteiger partial charge is 0.490 e. The first-order valence-electron chi connectivity index (χ1n) is 9.42. The highest BCUT2D eigenvalue weighted by Crippen LogP contribution is 2.25. The van der Waals surface area contributed by atoms with Crippen molar-refractivity contribution in [1.29, 1.82) is 0 Å². The van der Waals surface area contributed by atoms with E-state index in [2.05, 4.69) is 49.6 Å². The summed E-state index contributed by atoms with van der Waals surface area (Å²) in [6.45, 7) is 6.38. The number of nitrogens with one attached hydrogen (secondary N) is 2. The summed E-state index contributed by atoms with van der Waals surface area (Å²) in [6.07, 6.45) is 5.29. The van der Waals surface area contributed by atoms with Gasteiger partial charge in [0.25, 0.3) is 0 Å². The summed E-state index contributed by atoms with van der Waals surface area (Å²) < 4.78 is 6.00. The van der Waals surface area contributed by atoms with Crippen molar-refractivity contribution in [2.75, 3.05) is 5.32 Å². The second-order valence-electron chi connectivity index (χ2n) is 7.23. The normalized spacial score (nSPS) is 15.5. The lowest BCUT2D eigenvalue weighted by atomic mass is 10.0. The Morgan fingerprint density at radius 2 is 1.77 bits per heavy atom. The summed E-state index contributed by atoms with van der Waals surface area (Å²) in [5.74, 6) is 0.935. The van der Waals surface area contributed by atoms with Crippen molar-refractivity contribution in [3.8, 4) is 5.75 Å². The van der Waals surface area contributed by atoms with Crippen molar-refractivity contribution >= 4 is 23.0 Å². The maximum atomic E-state index is 6.00. The molecule has 0 aromatic heterocycles. The van der Waals surface area contributed by atoms with Crippen molar-refractivity contribution in [2.45, 2.75) is 58.6 Å². The van der Waals surface area contributed by atoms with E-state index < -0.39 is 0 Å². The Morgan fingerprint density at radius 1 is 1.08 bits per heavy atom. The Morgan fingerprint density at radius 3 is 2.42 bits per heavy atom. The van der Waals surface area contributed by atoms with Gasteiger partial charge >= 0.3 is 0 Å². The molecular formula is C22H28N2OS. The van der Waals surface area contributed by atoms with Crippen LogP contribution in [0.3, 0.4) is 0 Å². The van der Waals surface area contributed by atoms with Gasteiger partial charge in [0.15, 0.2) is 5.11 Å². The highest BCUT2D eigenvalue weighted by atomic mass is 32.1. The van der Waals surface area contributed by atoms with Crippen molar-refractivity contribution in [1.82, 2.24) is 5.32 Å². The van der Waals surface area contributed by atoms with Crippen molar-refractivity contribution < 1.29 is 4.74 Å². The van der Waals surface area contributed by atoms with Gasteiger partial charge < -0.3 is 15.4 Å². The van der Waals surface area contributed by atoms with Crippen molar-refractivity contribution in [2.24, 2.45) is 0 Å². The minimum absolute atomic E-state index is 0.153. The number of hydrogen-bond donors (Lipinski definition) is 2. The third-order valence-corrected chi connectivity index (χ3v) is 5.18. The van der Waals surface area contributed by atoms with Crippen LogP contribution in [0.2, 0.25) is 0 Å². The van der Waals surface area contributed by atoms with Gasteiger partial charge in [-0.15, -0.1) is 0 Å². The zero-order chi connectivity index (χ0) is 18.5. The number of aryl methyl sites for hydroxylation is 2. The fraction of sp³-hybridized carbons (Fsp3) is 0.409. The van der Waals surface area contributed by atoms with E-state index in [1.807, 2.05) is 24.3 Å². The molecule has 1 fully saturated rings. The first-order valence-corrected chi connectivity index (χ1v) is 9.83. The highest BCUT2D eigenvalue weighted by Gasteiger charge is 2.16. The van der Waals surface area contributed by atoms with Gasteiger partial charge in [0, 0.05) is 5.69 Å². The molecular weight excluding hydrogens is 340 g/mol. The second kappa shape index (κ2) is 8.54. The van der Waals surface area contributed by atoms with Gasteiger partial charge in [-0.05, 0) is 94.1 Å². The van der Waals surface area contributed by atoms with Crippen LogP contribution in [0, 0.1) is 13.8 Å². The molecule has 3 rings (SSSR count). The Balaban J connectivity index is 1.53. The molecule has 2 aromatic rings. The Bertz CT molecular complexity index is 751. The third-order valence-electron chi connectivity index (χ3n) is 4.96. The van der Waals surface area contributed by atoms with Gasteiger partial charge in [-0.3, -0.25) is 0 Å². The maximum Gasteiger partial charge on any atom is 0.171 e. The van der Waals surface area contributed by atoms with E-state index in [-0.39, 0.29) is 6.04 Å². The summed E-state index contributed by atoms with van der Waals surface area (Å²) >= 11 is 5.48. The molecule has 3 nitrogen and oxygen atoms in total. The molecule has 1 aliphatic rings. The predicted octanol–water partition coefficient (Wildman–Crippen LogP) is 5.67. The number of anilines is 1. The molecule has 26 heavy (non-hydrogen) atoms. The molecule has 1 aliphatic carbocycles. The number of ether oxygens (including phenoxy) is 1. The number of hydrogen-bond acceptors (Lipinski definition) is 2. The molecule has 0 amide bonds. The lowest BCUT2D eigenvalue weighted by molar-refractivity contribution is 0.210. The summed E-state index contributed by atoms with van der Waals surface area (Å²) in [7, 11) is 0. The molecule has 1 atom stereocenters. The first kappa shape index (κ1) is 18.7. The smallest absolute Gasteiger partial charge is 0.171 e. The molecule has 0 bridgehead atoms. The molecule has 1 unspecified atom stereocenters. The van der Waals surface area contributed by atoms with Crippen molar-refractivity contribution in [3.63, 3.8) is 0 Å². The van der Waals surface area contributed by atoms with Crippen LogP contribution >= 0.6 is 12.2 Å². The van der Waals surface area contributed by atoms with Gasteiger partial charge in [0.05, 0.1) is 12.1 Å². The lowest BCUT2D eigenvalue weighted by Gasteiger charge is -2.20. The Kier molecular flexibility index (Phi) is 6.15. The molecule has 4 heteroatoms. The summed E-state index contributed by atoms with van der Waals surface area (Å²) in [5, 5.41) is 7.25. The van der Waals surface area contributed by atoms with E-state index in [1.54, 1.807) is 0 Å². The quantitative estimate of drug-likeness (QED) is 0.666. The second-order valence-corrected chi connectivity index (χ2v) is 7.64. The number of benzene rings is 2. The summed E-state index contributed by atoms with van der Waals surface area (Å²) in [6, 6.07) is 14.7. The standard InChI is InChI=1S/C22H28N2OS/c1-15-8-13-21(16(2)14-15)17(3)23-22(26)24-18-9-11-20(12-10-18)25-19-6-4-5-7-19/h8-14,17,19H,4-7H2,1-3H3,(H2,23,24,26). The van der Waals surface area contributed by atoms with Crippen LogP contribution in [0.5, 0.6) is 5.75 Å². The van der Waals surface area contributed by atoms with Gasteiger partial charge in [-0.1, -0.05) is 23.8 Å². The predicted molar refractivity (Wildman–Crippen MR) is 113 cm³/mol. The summed E-state index contributed by atoms with van der Waals surface area (Å²) in [4.78, 5) is 0. The highest BCUT2D eigenvalue weighted by molar-refractivity contribution is 7.80. The van der Waals surface area contributed by atoms with E-state index in [4.69, 9.17) is 17.0 Å². The molecule has 1 saturated carbocycles.